The van der Waals surface area contributed by atoms with Crippen molar-refractivity contribution in [3.8, 4) is 0 Å². The number of rotatable bonds is 4. The lowest BCUT2D eigenvalue weighted by molar-refractivity contribution is 0.769. The van der Waals surface area contributed by atoms with Gasteiger partial charge in [0.1, 0.15) is 0 Å². The maximum atomic E-state index is 16.5. The van der Waals surface area contributed by atoms with E-state index in [1.54, 1.807) is 0 Å². The SMILES string of the molecule is C[C@@H](c1ccccc1)[Si](F)(c1ccccc1)c1ccccc1. The molecule has 2 heteroatoms. The molecule has 0 heterocycles. The minimum atomic E-state index is -3.35. The summed E-state index contributed by atoms with van der Waals surface area (Å²) < 4.78 is 16.5. The van der Waals surface area contributed by atoms with Gasteiger partial charge >= 0.3 is 8.41 Å². The lowest BCUT2D eigenvalue weighted by Gasteiger charge is -2.30. The second-order valence-corrected chi connectivity index (χ2v) is 9.02. The molecule has 0 nitrogen and oxygen atoms in total. The Labute approximate surface area is 132 Å². The number of halogens is 1. The molecule has 0 unspecified atom stereocenters. The van der Waals surface area contributed by atoms with Crippen molar-refractivity contribution in [3.05, 3.63) is 96.6 Å². The molecule has 0 amide bonds. The average molecular weight is 306 g/mol. The minimum absolute atomic E-state index is 0.140. The summed E-state index contributed by atoms with van der Waals surface area (Å²) in [6.07, 6.45) is 0. The van der Waals surface area contributed by atoms with Crippen LogP contribution >= 0.6 is 0 Å². The highest BCUT2D eigenvalue weighted by molar-refractivity contribution is 6.97. The van der Waals surface area contributed by atoms with E-state index < -0.39 is 8.41 Å². The molecule has 3 aromatic carbocycles. The highest BCUT2D eigenvalue weighted by Gasteiger charge is 2.45. The first-order valence-corrected chi connectivity index (χ1v) is 9.53. The summed E-state index contributed by atoms with van der Waals surface area (Å²) in [4.78, 5) is 0. The third-order valence-corrected chi connectivity index (χ3v) is 8.16. The summed E-state index contributed by atoms with van der Waals surface area (Å²) in [5.41, 5.74) is 0.919. The predicted octanol–water partition coefficient (Wildman–Crippen LogP) is 4.06. The van der Waals surface area contributed by atoms with Gasteiger partial charge in [-0.25, -0.2) is 0 Å². The lowest BCUT2D eigenvalue weighted by Crippen LogP contribution is -2.58. The quantitative estimate of drug-likeness (QED) is 0.504. The Kier molecular flexibility index (Phi) is 4.21. The molecule has 0 radical (unpaired) electrons. The van der Waals surface area contributed by atoms with Crippen molar-refractivity contribution in [1.29, 1.82) is 0 Å². The fourth-order valence-corrected chi connectivity index (χ4v) is 6.34. The fourth-order valence-electron chi connectivity index (χ4n) is 3.00. The Morgan fingerprint density at radius 2 is 1.00 bits per heavy atom. The van der Waals surface area contributed by atoms with Gasteiger partial charge in [-0.05, 0) is 15.9 Å². The number of hydrogen-bond donors (Lipinski definition) is 0. The average Bonchev–Trinajstić information content (AvgIpc) is 2.62. The first-order valence-electron chi connectivity index (χ1n) is 7.58. The molecule has 0 aliphatic carbocycles. The normalized spacial score (nSPS) is 12.8. The van der Waals surface area contributed by atoms with Crippen molar-refractivity contribution < 1.29 is 4.11 Å². The molecule has 0 spiro atoms. The monoisotopic (exact) mass is 306 g/mol. The Morgan fingerprint density at radius 3 is 1.41 bits per heavy atom. The first-order chi connectivity index (χ1) is 10.7. The maximum absolute atomic E-state index is 16.5. The van der Waals surface area contributed by atoms with Gasteiger partial charge in [0, 0.05) is 5.54 Å². The summed E-state index contributed by atoms with van der Waals surface area (Å²) in [6.45, 7) is 2.02. The molecule has 0 aliphatic rings. The van der Waals surface area contributed by atoms with Crippen LogP contribution in [0, 0.1) is 0 Å². The van der Waals surface area contributed by atoms with Gasteiger partial charge in [0.2, 0.25) is 0 Å². The third kappa shape index (κ3) is 2.62. The second kappa shape index (κ2) is 6.28. The van der Waals surface area contributed by atoms with Gasteiger partial charge in [-0.3, -0.25) is 0 Å². The molecular formula is C20H19FSi. The first kappa shape index (κ1) is 14.7. The van der Waals surface area contributed by atoms with Gasteiger partial charge < -0.3 is 4.11 Å². The Hall–Kier alpha value is -2.19. The molecule has 0 aliphatic heterocycles. The van der Waals surface area contributed by atoms with Crippen LogP contribution in [0.1, 0.15) is 18.0 Å². The molecule has 0 saturated heterocycles. The van der Waals surface area contributed by atoms with E-state index in [1.807, 2.05) is 97.9 Å². The topological polar surface area (TPSA) is 0 Å². The Balaban J connectivity index is 2.16. The fraction of sp³-hybridized carbons (Fsp3) is 0.100. The Bertz CT molecular complexity index is 671. The Morgan fingerprint density at radius 1 is 0.636 bits per heavy atom. The van der Waals surface area contributed by atoms with Gasteiger partial charge in [-0.1, -0.05) is 97.9 Å². The molecule has 0 N–H and O–H groups in total. The molecule has 1 atom stereocenters. The summed E-state index contributed by atoms with van der Waals surface area (Å²) in [7, 11) is -3.35. The van der Waals surface area contributed by atoms with E-state index in [4.69, 9.17) is 0 Å². The zero-order chi connectivity index (χ0) is 15.4. The molecule has 110 valence electrons. The third-order valence-electron chi connectivity index (χ3n) is 4.28. The van der Waals surface area contributed by atoms with E-state index in [9.17, 15) is 0 Å². The molecule has 0 fully saturated rings. The number of hydrogen-bond acceptors (Lipinski definition) is 0. The molecule has 0 saturated carbocycles. The van der Waals surface area contributed by atoms with Crippen molar-refractivity contribution in [2.45, 2.75) is 12.5 Å². The van der Waals surface area contributed by atoms with Gasteiger partial charge in [0.25, 0.3) is 0 Å². The largest absolute Gasteiger partial charge is 0.315 e. The highest BCUT2D eigenvalue weighted by atomic mass is 28.4. The summed E-state index contributed by atoms with van der Waals surface area (Å²) in [6, 6.07) is 29.3. The summed E-state index contributed by atoms with van der Waals surface area (Å²) >= 11 is 0. The van der Waals surface area contributed by atoms with Crippen molar-refractivity contribution >= 4 is 18.8 Å². The van der Waals surface area contributed by atoms with Crippen LogP contribution in [0.25, 0.3) is 0 Å². The van der Waals surface area contributed by atoms with Crippen molar-refractivity contribution in [2.75, 3.05) is 0 Å². The van der Waals surface area contributed by atoms with Crippen LogP contribution in [-0.2, 0) is 0 Å². The molecule has 3 aromatic rings. The summed E-state index contributed by atoms with van der Waals surface area (Å²) in [5.74, 6) is 0. The van der Waals surface area contributed by atoms with Crippen molar-refractivity contribution in [3.63, 3.8) is 0 Å². The van der Waals surface area contributed by atoms with Gasteiger partial charge in [0.05, 0.1) is 0 Å². The van der Waals surface area contributed by atoms with E-state index >= 15 is 4.11 Å². The highest BCUT2D eigenvalue weighted by Crippen LogP contribution is 2.27. The summed E-state index contributed by atoms with van der Waals surface area (Å²) in [5, 5.41) is 1.66. The van der Waals surface area contributed by atoms with Crippen molar-refractivity contribution in [2.24, 2.45) is 0 Å². The van der Waals surface area contributed by atoms with Gasteiger partial charge in [-0.2, -0.15) is 0 Å². The van der Waals surface area contributed by atoms with Crippen LogP contribution in [0.3, 0.4) is 0 Å². The molecular weight excluding hydrogens is 287 g/mol. The van der Waals surface area contributed by atoms with Crippen LogP contribution in [0.4, 0.5) is 4.11 Å². The van der Waals surface area contributed by atoms with Crippen molar-refractivity contribution in [1.82, 2.24) is 0 Å². The van der Waals surface area contributed by atoms with Crippen LogP contribution in [0.5, 0.6) is 0 Å². The van der Waals surface area contributed by atoms with Gasteiger partial charge in [0.15, 0.2) is 0 Å². The predicted molar refractivity (Wildman–Crippen MR) is 93.9 cm³/mol. The van der Waals surface area contributed by atoms with Crippen LogP contribution in [-0.4, -0.2) is 8.41 Å². The van der Waals surface area contributed by atoms with Gasteiger partial charge in [-0.15, -0.1) is 0 Å². The number of benzene rings is 3. The lowest BCUT2D eigenvalue weighted by atomic mass is 10.2. The maximum Gasteiger partial charge on any atom is 0.315 e. The zero-order valence-electron chi connectivity index (χ0n) is 12.6. The molecule has 22 heavy (non-hydrogen) atoms. The van der Waals surface area contributed by atoms with Crippen LogP contribution in [0.2, 0.25) is 0 Å². The molecule has 0 aromatic heterocycles. The van der Waals surface area contributed by atoms with E-state index in [-0.39, 0.29) is 5.54 Å². The molecule has 3 rings (SSSR count). The van der Waals surface area contributed by atoms with E-state index in [2.05, 4.69) is 0 Å². The van der Waals surface area contributed by atoms with Crippen LogP contribution in [0.15, 0.2) is 91.0 Å². The minimum Gasteiger partial charge on any atom is -0.301 e. The molecule has 0 bridgehead atoms. The van der Waals surface area contributed by atoms with Crippen LogP contribution < -0.4 is 10.4 Å². The van der Waals surface area contributed by atoms with E-state index in [0.717, 1.165) is 15.9 Å². The second-order valence-electron chi connectivity index (χ2n) is 5.58. The van der Waals surface area contributed by atoms with E-state index in [1.165, 1.54) is 0 Å². The smallest absolute Gasteiger partial charge is 0.301 e. The standard InChI is InChI=1S/C20H19FSi/c1-17(18-11-5-2-6-12-18)22(21,19-13-7-3-8-14-19)20-15-9-4-10-16-20/h2-17H,1H3/t17-/m0/s1. The van der Waals surface area contributed by atoms with E-state index in [0.29, 0.717) is 0 Å². The zero-order valence-corrected chi connectivity index (χ0v) is 13.6.